The van der Waals surface area contributed by atoms with E-state index in [2.05, 4.69) is 22.4 Å². The van der Waals surface area contributed by atoms with Crippen LogP contribution in [0.1, 0.15) is 30.9 Å². The van der Waals surface area contributed by atoms with Gasteiger partial charge in [0, 0.05) is 25.6 Å². The molecule has 0 bridgehead atoms. The van der Waals surface area contributed by atoms with Gasteiger partial charge in [0.15, 0.2) is 6.10 Å². The van der Waals surface area contributed by atoms with Crippen molar-refractivity contribution in [2.45, 2.75) is 31.4 Å². The Morgan fingerprint density at radius 3 is 2.86 bits per heavy atom. The van der Waals surface area contributed by atoms with E-state index < -0.39 is 0 Å². The van der Waals surface area contributed by atoms with Gasteiger partial charge in [-0.3, -0.25) is 4.79 Å². The summed E-state index contributed by atoms with van der Waals surface area (Å²) in [5, 5.41) is 6.85. The highest BCUT2D eigenvalue weighted by Gasteiger charge is 2.28. The van der Waals surface area contributed by atoms with Gasteiger partial charge in [0.2, 0.25) is 0 Å². The summed E-state index contributed by atoms with van der Waals surface area (Å²) in [6.07, 6.45) is 2.96. The Morgan fingerprint density at radius 2 is 2.14 bits per heavy atom. The highest BCUT2D eigenvalue weighted by atomic mass is 16.6. The second-order valence-electron chi connectivity index (χ2n) is 5.71. The van der Waals surface area contributed by atoms with Crippen LogP contribution in [-0.2, 0) is 9.63 Å². The molecule has 5 nitrogen and oxygen atoms in total. The number of nitrogens with zero attached hydrogens (tertiary/aromatic N) is 2. The van der Waals surface area contributed by atoms with E-state index in [0.29, 0.717) is 18.7 Å². The molecular weight excluding hydrogens is 266 g/mol. The number of hydrogen-bond donors (Lipinski definition) is 1. The third-order valence-corrected chi connectivity index (χ3v) is 4.02. The van der Waals surface area contributed by atoms with Crippen LogP contribution in [0.2, 0.25) is 0 Å². The molecule has 1 aliphatic heterocycles. The monoisotopic (exact) mass is 287 g/mol. The Balaban J connectivity index is 1.43. The zero-order valence-corrected chi connectivity index (χ0v) is 12.3. The average Bonchev–Trinajstić information content (AvgIpc) is 3.25. The van der Waals surface area contributed by atoms with Gasteiger partial charge in [-0.15, -0.1) is 0 Å². The number of benzene rings is 1. The third-order valence-electron chi connectivity index (χ3n) is 4.02. The standard InChI is InChI=1S/C16H21N3O2/c1-19(13-7-8-13)10-9-17-16(20)14-11-15(21-18-14)12-5-3-2-4-6-12/h2-6,13,15H,7-11H2,1H3,(H,17,20). The van der Waals surface area contributed by atoms with Gasteiger partial charge in [-0.1, -0.05) is 35.5 Å². The molecule has 1 saturated carbocycles. The van der Waals surface area contributed by atoms with E-state index in [0.717, 1.165) is 18.2 Å². The van der Waals surface area contributed by atoms with E-state index in [1.165, 1.54) is 12.8 Å². The number of oxime groups is 1. The maximum Gasteiger partial charge on any atom is 0.269 e. The highest BCUT2D eigenvalue weighted by molar-refractivity contribution is 6.39. The summed E-state index contributed by atoms with van der Waals surface area (Å²) in [5.41, 5.74) is 1.54. The molecule has 5 heteroatoms. The zero-order valence-electron chi connectivity index (χ0n) is 12.3. The van der Waals surface area contributed by atoms with E-state index >= 15 is 0 Å². The number of carbonyl (C=O) groups excluding carboxylic acids is 1. The fraction of sp³-hybridized carbons (Fsp3) is 0.500. The van der Waals surface area contributed by atoms with E-state index in [1.807, 2.05) is 30.3 Å². The van der Waals surface area contributed by atoms with Crippen LogP contribution in [0.4, 0.5) is 0 Å². The van der Waals surface area contributed by atoms with Crippen LogP contribution < -0.4 is 5.32 Å². The summed E-state index contributed by atoms with van der Waals surface area (Å²) >= 11 is 0. The van der Waals surface area contributed by atoms with E-state index in [4.69, 9.17) is 4.84 Å². The number of nitrogens with one attached hydrogen (secondary N) is 1. The molecule has 1 aromatic carbocycles. The van der Waals surface area contributed by atoms with Crippen LogP contribution in [0.15, 0.2) is 35.5 Å². The number of carbonyl (C=O) groups is 1. The van der Waals surface area contributed by atoms with E-state index in [9.17, 15) is 4.79 Å². The normalized spacial score (nSPS) is 21.0. The lowest BCUT2D eigenvalue weighted by atomic mass is 10.0. The number of amides is 1. The summed E-state index contributed by atoms with van der Waals surface area (Å²) in [5.74, 6) is -0.113. The minimum Gasteiger partial charge on any atom is -0.387 e. The van der Waals surface area contributed by atoms with Gasteiger partial charge in [-0.2, -0.15) is 0 Å². The first-order valence-electron chi connectivity index (χ1n) is 7.50. The lowest BCUT2D eigenvalue weighted by Gasteiger charge is -2.15. The topological polar surface area (TPSA) is 53.9 Å². The van der Waals surface area contributed by atoms with Crippen molar-refractivity contribution in [1.29, 1.82) is 0 Å². The molecule has 1 aliphatic carbocycles. The molecule has 0 spiro atoms. The maximum absolute atomic E-state index is 12.0. The van der Waals surface area contributed by atoms with Gasteiger partial charge >= 0.3 is 0 Å². The molecule has 3 rings (SSSR count). The molecule has 2 aliphatic rings. The van der Waals surface area contributed by atoms with Gasteiger partial charge in [0.25, 0.3) is 5.91 Å². The summed E-state index contributed by atoms with van der Waals surface area (Å²) in [7, 11) is 2.10. The van der Waals surface area contributed by atoms with Crippen molar-refractivity contribution in [2.24, 2.45) is 5.16 Å². The van der Waals surface area contributed by atoms with Crippen LogP contribution >= 0.6 is 0 Å². The number of rotatable bonds is 6. The summed E-state index contributed by atoms with van der Waals surface area (Å²) < 4.78 is 0. The van der Waals surface area contributed by atoms with Crippen LogP contribution in [-0.4, -0.2) is 42.7 Å². The third kappa shape index (κ3) is 3.61. The molecule has 1 unspecified atom stereocenters. The van der Waals surface area contributed by atoms with Crippen molar-refractivity contribution in [3.8, 4) is 0 Å². The molecule has 1 fully saturated rings. The van der Waals surface area contributed by atoms with Gasteiger partial charge in [0.05, 0.1) is 0 Å². The van der Waals surface area contributed by atoms with Gasteiger partial charge in [0.1, 0.15) is 5.71 Å². The highest BCUT2D eigenvalue weighted by Crippen LogP contribution is 2.27. The Morgan fingerprint density at radius 1 is 1.38 bits per heavy atom. The van der Waals surface area contributed by atoms with Crippen molar-refractivity contribution in [1.82, 2.24) is 10.2 Å². The summed E-state index contributed by atoms with van der Waals surface area (Å²) in [6.45, 7) is 1.54. The van der Waals surface area contributed by atoms with Crippen molar-refractivity contribution < 1.29 is 9.63 Å². The Bertz CT molecular complexity index is 526. The van der Waals surface area contributed by atoms with Crippen molar-refractivity contribution in [2.75, 3.05) is 20.1 Å². The first kappa shape index (κ1) is 14.1. The maximum atomic E-state index is 12.0. The minimum absolute atomic E-state index is 0.113. The molecule has 1 N–H and O–H groups in total. The van der Waals surface area contributed by atoms with Gasteiger partial charge in [-0.25, -0.2) is 0 Å². The molecule has 1 atom stereocenters. The predicted molar refractivity (Wildman–Crippen MR) is 81.0 cm³/mol. The fourth-order valence-electron chi connectivity index (χ4n) is 2.50. The Hall–Kier alpha value is -1.88. The summed E-state index contributed by atoms with van der Waals surface area (Å²) in [6, 6.07) is 10.6. The molecule has 0 saturated heterocycles. The smallest absolute Gasteiger partial charge is 0.269 e. The second kappa shape index (κ2) is 6.26. The molecule has 1 aromatic rings. The van der Waals surface area contributed by atoms with Crippen LogP contribution in [0.3, 0.4) is 0 Å². The number of hydrogen-bond acceptors (Lipinski definition) is 4. The van der Waals surface area contributed by atoms with Gasteiger partial charge < -0.3 is 15.1 Å². The zero-order chi connectivity index (χ0) is 14.7. The summed E-state index contributed by atoms with van der Waals surface area (Å²) in [4.78, 5) is 19.7. The molecule has 0 aromatic heterocycles. The predicted octanol–water partition coefficient (Wildman–Crippen LogP) is 1.71. The molecule has 1 amide bonds. The fourth-order valence-corrected chi connectivity index (χ4v) is 2.50. The second-order valence-corrected chi connectivity index (χ2v) is 5.71. The molecule has 112 valence electrons. The minimum atomic E-state index is -0.138. The molecule has 1 heterocycles. The largest absolute Gasteiger partial charge is 0.387 e. The quantitative estimate of drug-likeness (QED) is 0.866. The Kier molecular flexibility index (Phi) is 4.20. The average molecular weight is 287 g/mol. The van der Waals surface area contributed by atoms with Crippen molar-refractivity contribution in [3.05, 3.63) is 35.9 Å². The lowest BCUT2D eigenvalue weighted by Crippen LogP contribution is -2.37. The van der Waals surface area contributed by atoms with Crippen LogP contribution in [0, 0.1) is 0 Å². The number of likely N-dealkylation sites (N-methyl/N-ethyl adjacent to an activating group) is 1. The van der Waals surface area contributed by atoms with Crippen LogP contribution in [0.5, 0.6) is 0 Å². The van der Waals surface area contributed by atoms with Crippen LogP contribution in [0.25, 0.3) is 0 Å². The Labute approximate surface area is 125 Å². The van der Waals surface area contributed by atoms with E-state index in [1.54, 1.807) is 0 Å². The van der Waals surface area contributed by atoms with Crippen molar-refractivity contribution in [3.63, 3.8) is 0 Å². The first-order valence-corrected chi connectivity index (χ1v) is 7.50. The molecular formula is C16H21N3O2. The molecule has 0 radical (unpaired) electrons. The lowest BCUT2D eigenvalue weighted by molar-refractivity contribution is -0.114. The van der Waals surface area contributed by atoms with E-state index in [-0.39, 0.29) is 12.0 Å². The first-order chi connectivity index (χ1) is 10.2. The van der Waals surface area contributed by atoms with Gasteiger partial charge in [-0.05, 0) is 25.5 Å². The van der Waals surface area contributed by atoms with Crippen molar-refractivity contribution >= 4 is 11.6 Å². The molecule has 21 heavy (non-hydrogen) atoms. The SMILES string of the molecule is CN(CCNC(=O)C1=NOC(c2ccccc2)C1)C1CC1.